The van der Waals surface area contributed by atoms with Gasteiger partial charge in [-0.25, -0.2) is 0 Å². The number of halogens is 1. The molecule has 0 aromatic heterocycles. The van der Waals surface area contributed by atoms with Gasteiger partial charge in [-0.3, -0.25) is 9.59 Å². The summed E-state index contributed by atoms with van der Waals surface area (Å²) in [4.78, 5) is 27.3. The summed E-state index contributed by atoms with van der Waals surface area (Å²) in [5.41, 5.74) is 3.47. The van der Waals surface area contributed by atoms with E-state index in [2.05, 4.69) is 5.32 Å². The number of nitrogens with one attached hydrogen (secondary N) is 1. The van der Waals surface area contributed by atoms with E-state index in [0.29, 0.717) is 34.4 Å². The lowest BCUT2D eigenvalue weighted by Gasteiger charge is -2.24. The summed E-state index contributed by atoms with van der Waals surface area (Å²) in [6.45, 7) is 2.43. The Labute approximate surface area is 214 Å². The Kier molecular flexibility index (Phi) is 7.88. The highest BCUT2D eigenvalue weighted by Crippen LogP contribution is 2.39. The number of carbonyl (C=O) groups is 2. The van der Waals surface area contributed by atoms with Crippen molar-refractivity contribution in [1.29, 1.82) is 0 Å². The molecule has 0 radical (unpaired) electrons. The Balaban J connectivity index is 1.43. The molecule has 2 atom stereocenters. The number of rotatable bonds is 8. The smallest absolute Gasteiger partial charge is 0.251 e. The molecule has 3 aromatic rings. The van der Waals surface area contributed by atoms with Crippen LogP contribution < -0.4 is 14.8 Å². The van der Waals surface area contributed by atoms with Crippen LogP contribution in [0, 0.1) is 0 Å². The molecule has 8 heteroatoms. The third kappa shape index (κ3) is 5.74. The maximum Gasteiger partial charge on any atom is 0.251 e. The SMILES string of the molecule is COc1ccc([C@H](C)NC(=O)c2ccc([C@@H]3SCC(=O)N3Cc3ccc(Cl)cc3)cc2)cc1OC. The van der Waals surface area contributed by atoms with Crippen molar-refractivity contribution in [3.8, 4) is 11.5 Å². The molecule has 3 aromatic carbocycles. The Hall–Kier alpha value is -3.16. The number of ether oxygens (including phenoxy) is 2. The predicted molar refractivity (Wildman–Crippen MR) is 139 cm³/mol. The number of amides is 2. The van der Waals surface area contributed by atoms with Crippen LogP contribution in [-0.4, -0.2) is 36.7 Å². The summed E-state index contributed by atoms with van der Waals surface area (Å²) in [6, 6.07) is 20.3. The van der Waals surface area contributed by atoms with Crippen molar-refractivity contribution in [2.24, 2.45) is 0 Å². The van der Waals surface area contributed by atoms with Gasteiger partial charge in [0.05, 0.1) is 26.0 Å². The van der Waals surface area contributed by atoms with E-state index in [9.17, 15) is 9.59 Å². The largest absolute Gasteiger partial charge is 0.493 e. The van der Waals surface area contributed by atoms with Gasteiger partial charge in [0.1, 0.15) is 5.37 Å². The molecule has 0 aliphatic carbocycles. The molecule has 4 rings (SSSR count). The summed E-state index contributed by atoms with van der Waals surface area (Å²) >= 11 is 7.58. The fraction of sp³-hybridized carbons (Fsp3) is 0.259. The fourth-order valence-corrected chi connectivity index (χ4v) is 5.29. The molecule has 182 valence electrons. The number of hydrogen-bond donors (Lipinski definition) is 1. The minimum absolute atomic E-state index is 0.0963. The molecule has 1 fully saturated rings. The van der Waals surface area contributed by atoms with Gasteiger partial charge in [-0.2, -0.15) is 0 Å². The lowest BCUT2D eigenvalue weighted by atomic mass is 10.1. The zero-order valence-corrected chi connectivity index (χ0v) is 21.4. The third-order valence-corrected chi connectivity index (χ3v) is 7.46. The molecule has 0 spiro atoms. The topological polar surface area (TPSA) is 67.9 Å². The molecule has 1 saturated heterocycles. The molecule has 35 heavy (non-hydrogen) atoms. The Morgan fingerprint density at radius 1 is 1.06 bits per heavy atom. The number of benzene rings is 3. The molecule has 1 heterocycles. The van der Waals surface area contributed by atoms with Gasteiger partial charge in [0.15, 0.2) is 11.5 Å². The van der Waals surface area contributed by atoms with Crippen LogP contribution in [0.4, 0.5) is 0 Å². The van der Waals surface area contributed by atoms with Crippen LogP contribution in [0.1, 0.15) is 45.4 Å². The van der Waals surface area contributed by atoms with E-state index in [1.165, 1.54) is 0 Å². The average Bonchev–Trinajstić information content (AvgIpc) is 3.24. The first-order valence-corrected chi connectivity index (χ1v) is 12.6. The highest BCUT2D eigenvalue weighted by molar-refractivity contribution is 8.00. The van der Waals surface area contributed by atoms with E-state index in [-0.39, 0.29) is 23.2 Å². The first-order chi connectivity index (χ1) is 16.9. The summed E-state index contributed by atoms with van der Waals surface area (Å²) in [5, 5.41) is 3.60. The van der Waals surface area contributed by atoms with Crippen molar-refractivity contribution in [1.82, 2.24) is 10.2 Å². The maximum atomic E-state index is 12.9. The number of thioether (sulfide) groups is 1. The van der Waals surface area contributed by atoms with Crippen molar-refractivity contribution in [3.63, 3.8) is 0 Å². The van der Waals surface area contributed by atoms with Gasteiger partial charge in [-0.1, -0.05) is 41.9 Å². The predicted octanol–water partition coefficient (Wildman–Crippen LogP) is 5.62. The summed E-state index contributed by atoms with van der Waals surface area (Å²) in [7, 11) is 3.17. The summed E-state index contributed by atoms with van der Waals surface area (Å²) in [5.74, 6) is 1.61. The molecule has 1 N–H and O–H groups in total. The number of methoxy groups -OCH3 is 2. The zero-order chi connectivity index (χ0) is 24.9. The van der Waals surface area contributed by atoms with Crippen LogP contribution in [0.3, 0.4) is 0 Å². The summed E-state index contributed by atoms with van der Waals surface area (Å²) < 4.78 is 10.6. The minimum Gasteiger partial charge on any atom is -0.493 e. The lowest BCUT2D eigenvalue weighted by Crippen LogP contribution is -2.28. The number of nitrogens with zero attached hydrogens (tertiary/aromatic N) is 1. The molecule has 0 bridgehead atoms. The van der Waals surface area contributed by atoms with Gasteiger partial charge in [0, 0.05) is 17.1 Å². The normalized spacial score (nSPS) is 16.2. The average molecular weight is 511 g/mol. The Morgan fingerprint density at radius 2 is 1.74 bits per heavy atom. The van der Waals surface area contributed by atoms with Crippen LogP contribution in [0.2, 0.25) is 5.02 Å². The standard InChI is InChI=1S/C27H27ClN2O4S/c1-17(21-10-13-23(33-2)24(14-21)34-3)29-26(32)19-6-8-20(9-7-19)27-30(25(31)16-35-27)15-18-4-11-22(28)12-5-18/h4-14,17,27H,15-16H2,1-3H3,(H,29,32)/t17-,27-/m0/s1. The molecule has 6 nitrogen and oxygen atoms in total. The molecular weight excluding hydrogens is 484 g/mol. The van der Waals surface area contributed by atoms with Crippen LogP contribution >= 0.6 is 23.4 Å². The molecular formula is C27H27ClN2O4S. The van der Waals surface area contributed by atoms with Crippen LogP contribution in [-0.2, 0) is 11.3 Å². The van der Waals surface area contributed by atoms with Crippen molar-refractivity contribution in [2.75, 3.05) is 20.0 Å². The number of carbonyl (C=O) groups excluding carboxylic acids is 2. The fourth-order valence-electron chi connectivity index (χ4n) is 3.97. The second-order valence-electron chi connectivity index (χ2n) is 8.24. The maximum absolute atomic E-state index is 12.9. The quantitative estimate of drug-likeness (QED) is 0.426. The van der Waals surface area contributed by atoms with Gasteiger partial charge in [-0.05, 0) is 60.0 Å². The zero-order valence-electron chi connectivity index (χ0n) is 19.8. The number of hydrogen-bond acceptors (Lipinski definition) is 5. The first kappa shape index (κ1) is 24.9. The van der Waals surface area contributed by atoms with E-state index >= 15 is 0 Å². The molecule has 0 unspecified atom stereocenters. The second-order valence-corrected chi connectivity index (χ2v) is 9.75. The molecule has 2 amide bonds. The van der Waals surface area contributed by atoms with Crippen LogP contribution in [0.25, 0.3) is 0 Å². The lowest BCUT2D eigenvalue weighted by molar-refractivity contribution is -0.128. The highest BCUT2D eigenvalue weighted by atomic mass is 35.5. The third-order valence-electron chi connectivity index (χ3n) is 5.95. The molecule has 1 aliphatic rings. The minimum atomic E-state index is -0.222. The van der Waals surface area contributed by atoms with Gasteiger partial charge >= 0.3 is 0 Å². The molecule has 1 aliphatic heterocycles. The van der Waals surface area contributed by atoms with E-state index in [0.717, 1.165) is 16.7 Å². The van der Waals surface area contributed by atoms with Crippen molar-refractivity contribution < 1.29 is 19.1 Å². The second kappa shape index (κ2) is 11.1. The van der Waals surface area contributed by atoms with Gasteiger partial charge in [0.2, 0.25) is 5.91 Å². The van der Waals surface area contributed by atoms with Crippen LogP contribution in [0.5, 0.6) is 11.5 Å². The highest BCUT2D eigenvalue weighted by Gasteiger charge is 2.32. The van der Waals surface area contributed by atoms with Gasteiger partial charge in [-0.15, -0.1) is 11.8 Å². The first-order valence-electron chi connectivity index (χ1n) is 11.2. The summed E-state index contributed by atoms with van der Waals surface area (Å²) in [6.07, 6.45) is 0. The van der Waals surface area contributed by atoms with Crippen LogP contribution in [0.15, 0.2) is 66.7 Å². The van der Waals surface area contributed by atoms with Crippen molar-refractivity contribution >= 4 is 35.2 Å². The van der Waals surface area contributed by atoms with E-state index in [1.54, 1.807) is 38.1 Å². The van der Waals surface area contributed by atoms with E-state index in [4.69, 9.17) is 21.1 Å². The van der Waals surface area contributed by atoms with Crippen molar-refractivity contribution in [2.45, 2.75) is 24.9 Å². The Bertz CT molecular complexity index is 1200. The van der Waals surface area contributed by atoms with Gasteiger partial charge < -0.3 is 19.7 Å². The monoisotopic (exact) mass is 510 g/mol. The van der Waals surface area contributed by atoms with E-state index < -0.39 is 0 Å². The Morgan fingerprint density at radius 3 is 2.40 bits per heavy atom. The molecule has 0 saturated carbocycles. The van der Waals surface area contributed by atoms with E-state index in [1.807, 2.05) is 66.4 Å². The van der Waals surface area contributed by atoms with Gasteiger partial charge in [0.25, 0.3) is 5.91 Å². The van der Waals surface area contributed by atoms with Crippen molar-refractivity contribution in [3.05, 3.63) is 94.0 Å².